The van der Waals surface area contributed by atoms with Gasteiger partial charge in [0.05, 0.1) is 11.2 Å². The zero-order valence-corrected chi connectivity index (χ0v) is 14.2. The van der Waals surface area contributed by atoms with E-state index in [1.807, 2.05) is 65.8 Å². The molecule has 0 atom stereocenters. The molecule has 0 aliphatic carbocycles. The maximum Gasteiger partial charge on any atom is 0.494 e. The first kappa shape index (κ1) is 16.8. The zero-order valence-electron chi connectivity index (χ0n) is 14.2. The first-order valence-electron chi connectivity index (χ1n) is 7.52. The van der Waals surface area contributed by atoms with Crippen LogP contribution in [0.2, 0.25) is 0 Å². The number of nitrogens with one attached hydrogen (secondary N) is 1. The Kier molecular flexibility index (Phi) is 4.50. The van der Waals surface area contributed by atoms with E-state index in [9.17, 15) is 4.79 Å². The van der Waals surface area contributed by atoms with Crippen molar-refractivity contribution in [3.05, 3.63) is 35.9 Å². The van der Waals surface area contributed by atoms with Gasteiger partial charge in [0, 0.05) is 11.8 Å². The Morgan fingerprint density at radius 1 is 1.05 bits per heavy atom. The van der Waals surface area contributed by atoms with E-state index in [2.05, 4.69) is 5.32 Å². The topological polar surface area (TPSA) is 47.6 Å². The fraction of sp³-hybridized carbons (Fsp3) is 0.471. The third kappa shape index (κ3) is 3.59. The van der Waals surface area contributed by atoms with Crippen LogP contribution in [0.15, 0.2) is 35.9 Å². The molecule has 0 unspecified atom stereocenters. The summed E-state index contributed by atoms with van der Waals surface area (Å²) >= 11 is 0. The number of allylic oxidation sites excluding steroid dienone is 1. The van der Waals surface area contributed by atoms with Crippen molar-refractivity contribution in [2.24, 2.45) is 0 Å². The molecule has 2 rings (SSSR count). The maximum absolute atomic E-state index is 11.7. The van der Waals surface area contributed by atoms with Crippen LogP contribution in [0.25, 0.3) is 0 Å². The van der Waals surface area contributed by atoms with E-state index in [0.29, 0.717) is 0 Å². The van der Waals surface area contributed by atoms with Gasteiger partial charge in [-0.25, -0.2) is 0 Å². The zero-order chi connectivity index (χ0) is 16.5. The summed E-state index contributed by atoms with van der Waals surface area (Å²) in [6.45, 7) is 11.9. The van der Waals surface area contributed by atoms with Crippen molar-refractivity contribution in [2.45, 2.75) is 52.7 Å². The van der Waals surface area contributed by atoms with Crippen molar-refractivity contribution < 1.29 is 14.1 Å². The summed E-state index contributed by atoms with van der Waals surface area (Å²) in [6, 6.07) is 7.55. The Morgan fingerprint density at radius 3 is 2.00 bits per heavy atom. The Balaban J connectivity index is 2.07. The Labute approximate surface area is 133 Å². The van der Waals surface area contributed by atoms with Crippen LogP contribution in [0.1, 0.15) is 41.5 Å². The van der Waals surface area contributed by atoms with Gasteiger partial charge in [-0.15, -0.1) is 0 Å². The molecule has 0 spiro atoms. The predicted octanol–water partition coefficient (Wildman–Crippen LogP) is 2.89. The average molecular weight is 301 g/mol. The highest BCUT2D eigenvalue weighted by Crippen LogP contribution is 2.36. The van der Waals surface area contributed by atoms with Crippen molar-refractivity contribution in [3.8, 4) is 0 Å². The predicted molar refractivity (Wildman–Crippen MR) is 90.2 cm³/mol. The van der Waals surface area contributed by atoms with Crippen molar-refractivity contribution in [2.75, 3.05) is 5.32 Å². The van der Waals surface area contributed by atoms with Crippen LogP contribution in [0.4, 0.5) is 5.69 Å². The van der Waals surface area contributed by atoms with Gasteiger partial charge in [-0.2, -0.15) is 0 Å². The standard InChI is InChI=1S/C17H24BNO3/c1-12(2)11-15(20)19-14-9-7-13(8-10-14)18-21-16(3,4)17(5,6)22-18/h7-11H,1-6H3,(H,19,20). The third-order valence-corrected chi connectivity index (χ3v) is 4.12. The van der Waals surface area contributed by atoms with Crippen molar-refractivity contribution in [1.82, 2.24) is 0 Å². The SMILES string of the molecule is CC(C)=CC(=O)Nc1ccc(B2OC(C)(C)C(C)(C)O2)cc1. The molecule has 1 N–H and O–H groups in total. The monoisotopic (exact) mass is 301 g/mol. The second kappa shape index (κ2) is 5.90. The minimum Gasteiger partial charge on any atom is -0.399 e. The fourth-order valence-corrected chi connectivity index (χ4v) is 2.14. The quantitative estimate of drug-likeness (QED) is 0.690. The van der Waals surface area contributed by atoms with Crippen LogP contribution in [0, 0.1) is 0 Å². The number of amides is 1. The molecular formula is C17H24BNO3. The smallest absolute Gasteiger partial charge is 0.399 e. The summed E-state index contributed by atoms with van der Waals surface area (Å²) in [5.74, 6) is -0.122. The van der Waals surface area contributed by atoms with Crippen LogP contribution in [-0.2, 0) is 14.1 Å². The highest BCUT2D eigenvalue weighted by molar-refractivity contribution is 6.62. The summed E-state index contributed by atoms with van der Waals surface area (Å²) in [7, 11) is -0.382. The number of hydrogen-bond acceptors (Lipinski definition) is 3. The molecule has 1 amide bonds. The van der Waals surface area contributed by atoms with Gasteiger partial charge in [-0.3, -0.25) is 4.79 Å². The van der Waals surface area contributed by atoms with E-state index in [1.165, 1.54) is 0 Å². The molecule has 5 heteroatoms. The van der Waals surface area contributed by atoms with E-state index < -0.39 is 0 Å². The molecule has 1 saturated heterocycles. The first-order chi connectivity index (χ1) is 10.1. The van der Waals surface area contributed by atoms with Crippen molar-refractivity contribution in [3.63, 3.8) is 0 Å². The summed E-state index contributed by atoms with van der Waals surface area (Å²) in [5, 5.41) is 2.83. The number of benzene rings is 1. The molecule has 1 aromatic rings. The van der Waals surface area contributed by atoms with E-state index in [-0.39, 0.29) is 24.2 Å². The lowest BCUT2D eigenvalue weighted by molar-refractivity contribution is -0.111. The molecule has 1 fully saturated rings. The van der Waals surface area contributed by atoms with Gasteiger partial charge >= 0.3 is 7.12 Å². The Bertz CT molecular complexity index is 570. The lowest BCUT2D eigenvalue weighted by atomic mass is 9.79. The lowest BCUT2D eigenvalue weighted by Crippen LogP contribution is -2.41. The van der Waals surface area contributed by atoms with Crippen molar-refractivity contribution in [1.29, 1.82) is 0 Å². The summed E-state index contributed by atoms with van der Waals surface area (Å²) in [5.41, 5.74) is 1.95. The molecule has 0 saturated carbocycles. The minimum absolute atomic E-state index is 0.122. The molecule has 1 aliphatic rings. The van der Waals surface area contributed by atoms with Crippen LogP contribution < -0.4 is 10.8 Å². The Morgan fingerprint density at radius 2 is 1.55 bits per heavy atom. The van der Waals surface area contributed by atoms with Crippen LogP contribution in [-0.4, -0.2) is 24.2 Å². The van der Waals surface area contributed by atoms with Gasteiger partial charge in [0.2, 0.25) is 5.91 Å². The summed E-state index contributed by atoms with van der Waals surface area (Å²) < 4.78 is 12.0. The highest BCUT2D eigenvalue weighted by atomic mass is 16.7. The molecule has 1 heterocycles. The summed E-state index contributed by atoms with van der Waals surface area (Å²) in [6.07, 6.45) is 1.57. The highest BCUT2D eigenvalue weighted by Gasteiger charge is 2.51. The molecule has 0 radical (unpaired) electrons. The molecule has 118 valence electrons. The van der Waals surface area contributed by atoms with Crippen LogP contribution >= 0.6 is 0 Å². The van der Waals surface area contributed by atoms with Crippen LogP contribution in [0.3, 0.4) is 0 Å². The van der Waals surface area contributed by atoms with Gasteiger partial charge in [0.1, 0.15) is 0 Å². The van der Waals surface area contributed by atoms with Crippen molar-refractivity contribution >= 4 is 24.2 Å². The number of carbonyl (C=O) groups is 1. The summed E-state index contributed by atoms with van der Waals surface area (Å²) in [4.78, 5) is 11.7. The number of carbonyl (C=O) groups excluding carboxylic acids is 1. The number of anilines is 1. The molecule has 0 bridgehead atoms. The normalized spacial score (nSPS) is 18.9. The molecule has 4 nitrogen and oxygen atoms in total. The van der Waals surface area contributed by atoms with E-state index in [4.69, 9.17) is 9.31 Å². The molecule has 1 aromatic carbocycles. The molecule has 0 aromatic heterocycles. The largest absolute Gasteiger partial charge is 0.494 e. The maximum atomic E-state index is 11.7. The van der Waals surface area contributed by atoms with Gasteiger partial charge in [0.15, 0.2) is 0 Å². The van der Waals surface area contributed by atoms with Gasteiger partial charge in [0.25, 0.3) is 0 Å². The van der Waals surface area contributed by atoms with Gasteiger partial charge in [-0.05, 0) is 59.1 Å². The second-order valence-corrected chi connectivity index (χ2v) is 6.92. The number of hydrogen-bond donors (Lipinski definition) is 1. The number of rotatable bonds is 3. The Hall–Kier alpha value is -1.59. The second-order valence-electron chi connectivity index (χ2n) is 6.92. The van der Waals surface area contributed by atoms with Gasteiger partial charge in [-0.1, -0.05) is 17.7 Å². The lowest BCUT2D eigenvalue weighted by Gasteiger charge is -2.32. The minimum atomic E-state index is -0.382. The third-order valence-electron chi connectivity index (χ3n) is 4.12. The van der Waals surface area contributed by atoms with E-state index in [0.717, 1.165) is 16.7 Å². The van der Waals surface area contributed by atoms with E-state index in [1.54, 1.807) is 6.08 Å². The first-order valence-corrected chi connectivity index (χ1v) is 7.52. The van der Waals surface area contributed by atoms with Gasteiger partial charge < -0.3 is 14.6 Å². The molecule has 1 aliphatic heterocycles. The molecular weight excluding hydrogens is 277 g/mol. The van der Waals surface area contributed by atoms with Crippen LogP contribution in [0.5, 0.6) is 0 Å². The fourth-order valence-electron chi connectivity index (χ4n) is 2.14. The van der Waals surface area contributed by atoms with E-state index >= 15 is 0 Å². The molecule has 22 heavy (non-hydrogen) atoms. The average Bonchev–Trinajstić information content (AvgIpc) is 2.58.